The van der Waals surface area contributed by atoms with Gasteiger partial charge in [0.15, 0.2) is 5.82 Å². The van der Waals surface area contributed by atoms with Gasteiger partial charge in [-0.2, -0.15) is 0 Å². The van der Waals surface area contributed by atoms with Crippen LogP contribution in [0.15, 0.2) is 39.8 Å². The van der Waals surface area contributed by atoms with E-state index < -0.39 is 10.0 Å². The molecule has 1 amide bonds. The molecule has 23 heavy (non-hydrogen) atoms. The van der Waals surface area contributed by atoms with Gasteiger partial charge >= 0.3 is 0 Å². The molecule has 2 rings (SSSR count). The first kappa shape index (κ1) is 17.0. The summed E-state index contributed by atoms with van der Waals surface area (Å²) < 4.78 is 31.5. The SMILES string of the molecule is CCCCNC(=O)c1ccc(S(=O)(=O)Nc2cc(C)on2)cc1. The number of sulfonamides is 1. The minimum atomic E-state index is -3.77. The van der Waals surface area contributed by atoms with Gasteiger partial charge in [-0.3, -0.25) is 9.52 Å². The fraction of sp³-hybridized carbons (Fsp3) is 0.333. The van der Waals surface area contributed by atoms with Gasteiger partial charge < -0.3 is 9.84 Å². The summed E-state index contributed by atoms with van der Waals surface area (Å²) in [5.74, 6) is 0.396. The lowest BCUT2D eigenvalue weighted by Crippen LogP contribution is -2.24. The van der Waals surface area contributed by atoms with E-state index >= 15 is 0 Å². The van der Waals surface area contributed by atoms with Crippen molar-refractivity contribution in [2.75, 3.05) is 11.3 Å². The Kier molecular flexibility index (Phi) is 5.38. The van der Waals surface area contributed by atoms with Gasteiger partial charge in [0.2, 0.25) is 0 Å². The predicted molar refractivity (Wildman–Crippen MR) is 85.7 cm³/mol. The molecule has 0 saturated heterocycles. The van der Waals surface area contributed by atoms with Crippen LogP contribution in [0, 0.1) is 6.92 Å². The van der Waals surface area contributed by atoms with E-state index in [4.69, 9.17) is 4.52 Å². The van der Waals surface area contributed by atoms with E-state index in [0.717, 1.165) is 12.8 Å². The van der Waals surface area contributed by atoms with Gasteiger partial charge in [-0.1, -0.05) is 18.5 Å². The Labute approximate surface area is 135 Å². The lowest BCUT2D eigenvalue weighted by Gasteiger charge is -2.07. The summed E-state index contributed by atoms with van der Waals surface area (Å²) in [6.07, 6.45) is 1.89. The molecular formula is C15H19N3O4S. The van der Waals surface area contributed by atoms with Crippen LogP contribution < -0.4 is 10.0 Å². The van der Waals surface area contributed by atoms with Crippen molar-refractivity contribution in [3.8, 4) is 0 Å². The van der Waals surface area contributed by atoms with Crippen LogP contribution in [0.5, 0.6) is 0 Å². The smallest absolute Gasteiger partial charge is 0.263 e. The van der Waals surface area contributed by atoms with Crippen LogP contribution in [0.25, 0.3) is 0 Å². The molecule has 1 aromatic carbocycles. The second kappa shape index (κ2) is 7.28. The van der Waals surface area contributed by atoms with Crippen molar-refractivity contribution in [3.63, 3.8) is 0 Å². The standard InChI is InChI=1S/C15H19N3O4S/c1-3-4-9-16-15(19)12-5-7-13(8-6-12)23(20,21)18-14-10-11(2)22-17-14/h5-8,10H,3-4,9H2,1-2H3,(H,16,19)(H,17,18). The molecule has 1 heterocycles. The Bertz CT molecular complexity index is 766. The number of carbonyl (C=O) groups excluding carboxylic acids is 1. The number of hydrogen-bond donors (Lipinski definition) is 2. The van der Waals surface area contributed by atoms with E-state index in [2.05, 4.69) is 15.2 Å². The van der Waals surface area contributed by atoms with Crippen molar-refractivity contribution >= 4 is 21.7 Å². The summed E-state index contributed by atoms with van der Waals surface area (Å²) in [7, 11) is -3.77. The zero-order chi connectivity index (χ0) is 16.9. The van der Waals surface area contributed by atoms with Crippen LogP contribution in [0.2, 0.25) is 0 Å². The van der Waals surface area contributed by atoms with E-state index in [1.807, 2.05) is 6.92 Å². The van der Waals surface area contributed by atoms with Crippen molar-refractivity contribution in [2.45, 2.75) is 31.6 Å². The first-order valence-corrected chi connectivity index (χ1v) is 8.75. The number of aryl methyl sites for hydroxylation is 1. The highest BCUT2D eigenvalue weighted by atomic mass is 32.2. The predicted octanol–water partition coefficient (Wildman–Crippen LogP) is 2.31. The van der Waals surface area contributed by atoms with E-state index in [9.17, 15) is 13.2 Å². The number of nitrogens with zero attached hydrogens (tertiary/aromatic N) is 1. The van der Waals surface area contributed by atoms with Gasteiger partial charge in [-0.25, -0.2) is 8.42 Å². The topological polar surface area (TPSA) is 101 Å². The number of unbranched alkanes of at least 4 members (excludes halogenated alkanes) is 1. The van der Waals surface area contributed by atoms with Gasteiger partial charge in [0.1, 0.15) is 5.76 Å². The average molecular weight is 337 g/mol. The Morgan fingerprint density at radius 2 is 1.96 bits per heavy atom. The van der Waals surface area contributed by atoms with E-state index in [1.54, 1.807) is 6.92 Å². The van der Waals surface area contributed by atoms with E-state index in [1.165, 1.54) is 30.3 Å². The molecule has 0 bridgehead atoms. The number of carbonyl (C=O) groups is 1. The van der Waals surface area contributed by atoms with Crippen molar-refractivity contribution in [1.29, 1.82) is 0 Å². The van der Waals surface area contributed by atoms with Gasteiger partial charge in [0.25, 0.3) is 15.9 Å². The molecule has 0 atom stereocenters. The van der Waals surface area contributed by atoms with Crippen LogP contribution in [0.4, 0.5) is 5.82 Å². The third-order valence-corrected chi connectivity index (χ3v) is 4.48. The molecule has 124 valence electrons. The number of hydrogen-bond acceptors (Lipinski definition) is 5. The van der Waals surface area contributed by atoms with Gasteiger partial charge in [0, 0.05) is 18.2 Å². The highest BCUT2D eigenvalue weighted by Gasteiger charge is 2.17. The molecule has 0 fully saturated rings. The van der Waals surface area contributed by atoms with Crippen LogP contribution in [-0.2, 0) is 10.0 Å². The lowest BCUT2D eigenvalue weighted by molar-refractivity contribution is 0.0953. The minimum absolute atomic E-state index is 0.0447. The molecule has 0 aliphatic carbocycles. The summed E-state index contributed by atoms with van der Waals surface area (Å²) in [6.45, 7) is 4.30. The summed E-state index contributed by atoms with van der Waals surface area (Å²) in [5, 5.41) is 6.36. The molecule has 0 radical (unpaired) electrons. The van der Waals surface area contributed by atoms with Crippen molar-refractivity contribution in [3.05, 3.63) is 41.7 Å². The minimum Gasteiger partial charge on any atom is -0.360 e. The fourth-order valence-electron chi connectivity index (χ4n) is 1.88. The van der Waals surface area contributed by atoms with E-state index in [0.29, 0.717) is 17.9 Å². The van der Waals surface area contributed by atoms with Gasteiger partial charge in [0.05, 0.1) is 4.90 Å². The first-order chi connectivity index (χ1) is 10.9. The number of amides is 1. The maximum absolute atomic E-state index is 12.2. The quantitative estimate of drug-likeness (QED) is 0.755. The normalized spacial score (nSPS) is 11.2. The molecule has 7 nitrogen and oxygen atoms in total. The number of aromatic nitrogens is 1. The molecule has 0 spiro atoms. The third kappa shape index (κ3) is 4.56. The second-order valence-corrected chi connectivity index (χ2v) is 6.74. The number of nitrogens with one attached hydrogen (secondary N) is 2. The number of anilines is 1. The molecule has 0 aliphatic heterocycles. The largest absolute Gasteiger partial charge is 0.360 e. The maximum atomic E-state index is 12.2. The molecule has 0 aliphatic rings. The highest BCUT2D eigenvalue weighted by molar-refractivity contribution is 7.92. The zero-order valence-electron chi connectivity index (χ0n) is 13.0. The lowest BCUT2D eigenvalue weighted by atomic mass is 10.2. The van der Waals surface area contributed by atoms with Crippen LogP contribution in [0.3, 0.4) is 0 Å². The van der Waals surface area contributed by atoms with E-state index in [-0.39, 0.29) is 16.6 Å². The van der Waals surface area contributed by atoms with Crippen LogP contribution in [0.1, 0.15) is 35.9 Å². The Hall–Kier alpha value is -2.35. The second-order valence-electron chi connectivity index (χ2n) is 5.06. The average Bonchev–Trinajstić information content (AvgIpc) is 2.92. The van der Waals surface area contributed by atoms with Crippen molar-refractivity contribution < 1.29 is 17.7 Å². The number of rotatable bonds is 7. The van der Waals surface area contributed by atoms with Gasteiger partial charge in [-0.15, -0.1) is 0 Å². The molecule has 2 aromatic rings. The summed E-state index contributed by atoms with van der Waals surface area (Å²) in [5.41, 5.74) is 0.414. The maximum Gasteiger partial charge on any atom is 0.263 e. The molecule has 1 aromatic heterocycles. The molecule has 0 unspecified atom stereocenters. The molecule has 2 N–H and O–H groups in total. The van der Waals surface area contributed by atoms with Crippen LogP contribution in [-0.4, -0.2) is 26.0 Å². The summed E-state index contributed by atoms with van der Waals surface area (Å²) in [6, 6.07) is 7.19. The van der Waals surface area contributed by atoms with Gasteiger partial charge in [-0.05, 0) is 37.6 Å². The Morgan fingerprint density at radius 1 is 1.26 bits per heavy atom. The molecule has 8 heteroatoms. The van der Waals surface area contributed by atoms with Crippen LogP contribution >= 0.6 is 0 Å². The fourth-order valence-corrected chi connectivity index (χ4v) is 2.86. The monoisotopic (exact) mass is 337 g/mol. The molecule has 0 saturated carbocycles. The molecular weight excluding hydrogens is 318 g/mol. The summed E-state index contributed by atoms with van der Waals surface area (Å²) >= 11 is 0. The Balaban J connectivity index is 2.07. The third-order valence-electron chi connectivity index (χ3n) is 3.11. The highest BCUT2D eigenvalue weighted by Crippen LogP contribution is 2.16. The zero-order valence-corrected chi connectivity index (χ0v) is 13.8. The van der Waals surface area contributed by atoms with Crippen molar-refractivity contribution in [1.82, 2.24) is 10.5 Å². The summed E-state index contributed by atoms with van der Waals surface area (Å²) in [4.78, 5) is 11.9. The first-order valence-electron chi connectivity index (χ1n) is 7.27. The Morgan fingerprint density at radius 3 is 2.52 bits per heavy atom. The number of benzene rings is 1. The van der Waals surface area contributed by atoms with Crippen molar-refractivity contribution in [2.24, 2.45) is 0 Å².